The van der Waals surface area contributed by atoms with Crippen LogP contribution in [0.15, 0.2) is 30.5 Å². The van der Waals surface area contributed by atoms with Gasteiger partial charge in [-0.3, -0.25) is 14.6 Å². The molecule has 2 atom stereocenters. The van der Waals surface area contributed by atoms with E-state index in [4.69, 9.17) is 0 Å². The molecular weight excluding hydrogens is 413 g/mol. The van der Waals surface area contributed by atoms with Crippen LogP contribution in [0.2, 0.25) is 0 Å². The molecule has 3 N–H and O–H groups in total. The summed E-state index contributed by atoms with van der Waals surface area (Å²) in [6.07, 6.45) is 2.26. The number of pyridine rings is 1. The highest BCUT2D eigenvalue weighted by atomic mass is 19.1. The average molecular weight is 437 g/mol. The van der Waals surface area contributed by atoms with Crippen molar-refractivity contribution in [3.05, 3.63) is 47.7 Å². The number of rotatable bonds is 4. The largest absolute Gasteiger partial charge is 0.366 e. The summed E-state index contributed by atoms with van der Waals surface area (Å²) in [6.45, 7) is 4.01. The van der Waals surface area contributed by atoms with E-state index in [1.54, 1.807) is 26.2 Å². The molecule has 0 bridgehead atoms. The van der Waals surface area contributed by atoms with Gasteiger partial charge in [0.1, 0.15) is 11.7 Å². The van der Waals surface area contributed by atoms with Gasteiger partial charge in [0.25, 0.3) is 5.91 Å². The van der Waals surface area contributed by atoms with Crippen molar-refractivity contribution < 1.29 is 14.0 Å². The van der Waals surface area contributed by atoms with Crippen LogP contribution in [0, 0.1) is 5.95 Å². The Hall–Kier alpha value is -3.53. The molecule has 32 heavy (non-hydrogen) atoms. The van der Waals surface area contributed by atoms with Gasteiger partial charge in [-0.25, -0.2) is 4.68 Å². The molecule has 1 aromatic carbocycles. The molecule has 0 saturated carbocycles. The second kappa shape index (κ2) is 7.86. The quantitative estimate of drug-likeness (QED) is 0.571. The number of anilines is 2. The summed E-state index contributed by atoms with van der Waals surface area (Å²) in [5.41, 5.74) is 3.37. The smallest absolute Gasteiger partial charge is 0.269 e. The van der Waals surface area contributed by atoms with E-state index in [-0.39, 0.29) is 17.9 Å². The lowest BCUT2D eigenvalue weighted by molar-refractivity contribution is -0.119. The Bertz CT molecular complexity index is 1220. The summed E-state index contributed by atoms with van der Waals surface area (Å²) in [5, 5.41) is 13.3. The number of carbonyl (C=O) groups is 2. The SMILES string of the molecule is CNC(=O)c1cc(N2CCNCC2Cc2cc3c4c(c2)c(F)nn4C(C)C(=O)N3)ccn1. The Balaban J connectivity index is 1.48. The zero-order chi connectivity index (χ0) is 22.4. The monoisotopic (exact) mass is 437 g/mol. The number of hydrogen-bond acceptors (Lipinski definition) is 6. The zero-order valence-electron chi connectivity index (χ0n) is 17.9. The fourth-order valence-corrected chi connectivity index (χ4v) is 4.54. The number of aromatic nitrogens is 3. The van der Waals surface area contributed by atoms with Crippen molar-refractivity contribution in [1.29, 1.82) is 0 Å². The van der Waals surface area contributed by atoms with E-state index in [1.807, 2.05) is 18.2 Å². The minimum Gasteiger partial charge on any atom is -0.366 e. The lowest BCUT2D eigenvalue weighted by Crippen LogP contribution is -2.52. The minimum absolute atomic E-state index is 0.0738. The summed E-state index contributed by atoms with van der Waals surface area (Å²) in [5.74, 6) is -1.02. The Kier molecular flexibility index (Phi) is 5.01. The molecule has 0 aliphatic carbocycles. The predicted molar refractivity (Wildman–Crippen MR) is 118 cm³/mol. The van der Waals surface area contributed by atoms with Crippen LogP contribution in [-0.4, -0.2) is 59.3 Å². The van der Waals surface area contributed by atoms with E-state index in [0.717, 1.165) is 30.9 Å². The van der Waals surface area contributed by atoms with Crippen molar-refractivity contribution in [2.75, 3.05) is 36.9 Å². The summed E-state index contributed by atoms with van der Waals surface area (Å²) >= 11 is 0. The van der Waals surface area contributed by atoms with Gasteiger partial charge in [0.2, 0.25) is 11.9 Å². The van der Waals surface area contributed by atoms with E-state index >= 15 is 0 Å². The zero-order valence-corrected chi connectivity index (χ0v) is 17.9. The summed E-state index contributed by atoms with van der Waals surface area (Å²) in [6, 6.07) is 6.92. The number of amides is 2. The Morgan fingerprint density at radius 1 is 1.34 bits per heavy atom. The standard InChI is InChI=1S/C22H24FN7O2/c1-12-21(31)27-17-9-13(8-16-19(17)30(12)28-20(16)23)7-15-11-25-5-6-29(15)14-3-4-26-18(10-14)22(32)24-2/h3-4,8-10,12,15,25H,5-7,11H2,1-2H3,(H,24,32)(H,27,31). The summed E-state index contributed by atoms with van der Waals surface area (Å²) in [4.78, 5) is 30.7. The molecule has 2 aliphatic heterocycles. The summed E-state index contributed by atoms with van der Waals surface area (Å²) in [7, 11) is 1.58. The molecule has 9 nitrogen and oxygen atoms in total. The molecule has 2 aromatic heterocycles. The van der Waals surface area contributed by atoms with Crippen LogP contribution in [0.5, 0.6) is 0 Å². The third-order valence-corrected chi connectivity index (χ3v) is 6.18. The van der Waals surface area contributed by atoms with Gasteiger partial charge in [0, 0.05) is 44.6 Å². The first-order chi connectivity index (χ1) is 15.5. The van der Waals surface area contributed by atoms with E-state index in [9.17, 15) is 14.0 Å². The second-order valence-electron chi connectivity index (χ2n) is 8.17. The number of halogens is 1. The van der Waals surface area contributed by atoms with Crippen molar-refractivity contribution in [3.63, 3.8) is 0 Å². The molecule has 4 heterocycles. The van der Waals surface area contributed by atoms with Crippen molar-refractivity contribution in [2.24, 2.45) is 0 Å². The molecule has 1 saturated heterocycles. The van der Waals surface area contributed by atoms with Crippen LogP contribution in [0.1, 0.15) is 29.0 Å². The molecular formula is C22H24FN7O2. The molecule has 2 unspecified atom stereocenters. The van der Waals surface area contributed by atoms with E-state index in [0.29, 0.717) is 28.7 Å². The molecule has 2 aliphatic rings. The highest BCUT2D eigenvalue weighted by Crippen LogP contribution is 2.34. The normalized spacial score (nSPS) is 20.3. The van der Waals surface area contributed by atoms with Gasteiger partial charge in [-0.2, -0.15) is 4.39 Å². The summed E-state index contributed by atoms with van der Waals surface area (Å²) < 4.78 is 16.1. The first-order valence-corrected chi connectivity index (χ1v) is 10.6. The van der Waals surface area contributed by atoms with Crippen molar-refractivity contribution >= 4 is 34.1 Å². The Labute approximate surface area is 184 Å². The number of hydrogen-bond donors (Lipinski definition) is 3. The Morgan fingerprint density at radius 2 is 2.19 bits per heavy atom. The van der Waals surface area contributed by atoms with Gasteiger partial charge >= 0.3 is 0 Å². The predicted octanol–water partition coefficient (Wildman–Crippen LogP) is 1.46. The van der Waals surface area contributed by atoms with Gasteiger partial charge in [-0.1, -0.05) is 0 Å². The average Bonchev–Trinajstić information content (AvgIpc) is 3.14. The molecule has 2 amide bonds. The number of piperazine rings is 1. The van der Waals surface area contributed by atoms with Gasteiger partial charge in [-0.15, -0.1) is 5.10 Å². The minimum atomic E-state index is -0.575. The highest BCUT2D eigenvalue weighted by Gasteiger charge is 2.30. The van der Waals surface area contributed by atoms with Gasteiger partial charge in [0.15, 0.2) is 0 Å². The van der Waals surface area contributed by atoms with Gasteiger partial charge < -0.3 is 20.9 Å². The van der Waals surface area contributed by atoms with Crippen LogP contribution < -0.4 is 20.9 Å². The lowest BCUT2D eigenvalue weighted by Gasteiger charge is -2.38. The maximum atomic E-state index is 14.6. The van der Waals surface area contributed by atoms with Crippen LogP contribution >= 0.6 is 0 Å². The van der Waals surface area contributed by atoms with E-state index < -0.39 is 12.0 Å². The number of benzene rings is 1. The molecule has 166 valence electrons. The van der Waals surface area contributed by atoms with Gasteiger partial charge in [0.05, 0.1) is 16.6 Å². The fraction of sp³-hybridized carbons (Fsp3) is 0.364. The first-order valence-electron chi connectivity index (χ1n) is 10.6. The number of nitrogens with one attached hydrogen (secondary N) is 3. The van der Waals surface area contributed by atoms with Crippen molar-refractivity contribution in [3.8, 4) is 0 Å². The van der Waals surface area contributed by atoms with Crippen molar-refractivity contribution in [1.82, 2.24) is 25.4 Å². The third kappa shape index (κ3) is 3.36. The fourth-order valence-electron chi connectivity index (χ4n) is 4.54. The maximum absolute atomic E-state index is 14.6. The molecule has 0 radical (unpaired) electrons. The van der Waals surface area contributed by atoms with Crippen LogP contribution in [-0.2, 0) is 11.2 Å². The molecule has 10 heteroatoms. The Morgan fingerprint density at radius 3 is 3.00 bits per heavy atom. The third-order valence-electron chi connectivity index (χ3n) is 6.18. The highest BCUT2D eigenvalue weighted by molar-refractivity contribution is 6.06. The molecule has 5 rings (SSSR count). The maximum Gasteiger partial charge on any atom is 0.269 e. The van der Waals surface area contributed by atoms with Crippen LogP contribution in [0.25, 0.3) is 10.9 Å². The van der Waals surface area contributed by atoms with Crippen molar-refractivity contribution in [2.45, 2.75) is 25.4 Å². The topological polar surface area (TPSA) is 104 Å². The number of nitrogens with zero attached hydrogens (tertiary/aromatic N) is 4. The van der Waals surface area contributed by atoms with Crippen LogP contribution in [0.3, 0.4) is 0 Å². The van der Waals surface area contributed by atoms with Crippen LogP contribution in [0.4, 0.5) is 15.8 Å². The lowest BCUT2D eigenvalue weighted by atomic mass is 9.99. The van der Waals surface area contributed by atoms with E-state index in [2.05, 4.69) is 30.9 Å². The van der Waals surface area contributed by atoms with Gasteiger partial charge in [-0.05, 0) is 43.2 Å². The first kappa shape index (κ1) is 20.4. The van der Waals surface area contributed by atoms with E-state index in [1.165, 1.54) is 4.68 Å². The molecule has 0 spiro atoms. The number of carbonyl (C=O) groups excluding carboxylic acids is 2. The molecule has 1 fully saturated rings. The molecule has 3 aromatic rings. The second-order valence-corrected chi connectivity index (χ2v) is 8.17.